The van der Waals surface area contributed by atoms with Gasteiger partial charge in [-0.2, -0.15) is 0 Å². The lowest BCUT2D eigenvalue weighted by Gasteiger charge is -2.11. The Bertz CT molecular complexity index is 533. The summed E-state index contributed by atoms with van der Waals surface area (Å²) in [5.74, 6) is 0.0424. The molecule has 19 heavy (non-hydrogen) atoms. The smallest absolute Gasteiger partial charge is 0.287 e. The van der Waals surface area contributed by atoms with E-state index in [0.29, 0.717) is 12.2 Å². The third-order valence-electron chi connectivity index (χ3n) is 2.90. The van der Waals surface area contributed by atoms with Crippen molar-refractivity contribution in [3.63, 3.8) is 0 Å². The van der Waals surface area contributed by atoms with Gasteiger partial charge in [-0.1, -0.05) is 30.3 Å². The highest BCUT2D eigenvalue weighted by atomic mass is 16.3. The summed E-state index contributed by atoms with van der Waals surface area (Å²) in [6.07, 6.45) is 2.03. The molecule has 1 aromatic heterocycles. The second-order valence-corrected chi connectivity index (χ2v) is 4.42. The molecule has 0 spiro atoms. The van der Waals surface area contributed by atoms with Gasteiger partial charge < -0.3 is 14.8 Å². The third kappa shape index (κ3) is 3.23. The molecule has 2 N–H and O–H groups in total. The topological polar surface area (TPSA) is 62.5 Å². The van der Waals surface area contributed by atoms with Gasteiger partial charge in [-0.3, -0.25) is 4.79 Å². The lowest BCUT2D eigenvalue weighted by Crippen LogP contribution is -2.33. The van der Waals surface area contributed by atoms with Gasteiger partial charge in [-0.15, -0.1) is 0 Å². The van der Waals surface area contributed by atoms with Crippen molar-refractivity contribution in [2.45, 2.75) is 19.4 Å². The highest BCUT2D eigenvalue weighted by Crippen LogP contribution is 2.24. The molecule has 1 aromatic carbocycles. The fourth-order valence-corrected chi connectivity index (χ4v) is 1.89. The van der Waals surface area contributed by atoms with Crippen molar-refractivity contribution < 1.29 is 14.3 Å². The minimum absolute atomic E-state index is 0.0468. The van der Waals surface area contributed by atoms with Crippen LogP contribution in [0, 0.1) is 0 Å². The maximum atomic E-state index is 12.1. The largest absolute Gasteiger partial charge is 0.459 e. The van der Waals surface area contributed by atoms with Crippen LogP contribution in [0.15, 0.2) is 47.1 Å². The summed E-state index contributed by atoms with van der Waals surface area (Å²) in [4.78, 5) is 12.1. The second kappa shape index (κ2) is 6.20. The number of amides is 1. The molecule has 1 heterocycles. The number of benzene rings is 1. The summed E-state index contributed by atoms with van der Waals surface area (Å²) in [5.41, 5.74) is 1.71. The molecule has 1 atom stereocenters. The van der Waals surface area contributed by atoms with Crippen LogP contribution in [0.2, 0.25) is 0 Å². The van der Waals surface area contributed by atoms with E-state index in [1.807, 2.05) is 37.3 Å². The van der Waals surface area contributed by atoms with E-state index in [1.165, 1.54) is 6.26 Å². The molecular formula is C15H17NO3. The summed E-state index contributed by atoms with van der Waals surface area (Å²) in [7, 11) is 0. The van der Waals surface area contributed by atoms with Crippen LogP contribution < -0.4 is 5.32 Å². The van der Waals surface area contributed by atoms with E-state index >= 15 is 0 Å². The third-order valence-corrected chi connectivity index (χ3v) is 2.90. The van der Waals surface area contributed by atoms with Crippen molar-refractivity contribution in [2.24, 2.45) is 0 Å². The zero-order valence-corrected chi connectivity index (χ0v) is 10.8. The van der Waals surface area contributed by atoms with Crippen LogP contribution in [0.25, 0.3) is 11.1 Å². The molecular weight excluding hydrogens is 242 g/mol. The van der Waals surface area contributed by atoms with Crippen LogP contribution in [0.3, 0.4) is 0 Å². The van der Waals surface area contributed by atoms with Crippen LogP contribution in [-0.2, 0) is 0 Å². The van der Waals surface area contributed by atoms with Crippen molar-refractivity contribution in [1.82, 2.24) is 5.32 Å². The highest BCUT2D eigenvalue weighted by molar-refractivity contribution is 5.98. The van der Waals surface area contributed by atoms with E-state index in [-0.39, 0.29) is 18.6 Å². The molecule has 100 valence electrons. The van der Waals surface area contributed by atoms with Gasteiger partial charge in [-0.25, -0.2) is 0 Å². The van der Waals surface area contributed by atoms with Gasteiger partial charge in [0.1, 0.15) is 0 Å². The number of carbonyl (C=O) groups is 1. The number of carbonyl (C=O) groups excluding carboxylic acids is 1. The monoisotopic (exact) mass is 259 g/mol. The van der Waals surface area contributed by atoms with Crippen LogP contribution in [0.4, 0.5) is 0 Å². The van der Waals surface area contributed by atoms with Gasteiger partial charge in [0.25, 0.3) is 5.91 Å². The second-order valence-electron chi connectivity index (χ2n) is 4.42. The molecule has 0 fully saturated rings. The Kier molecular flexibility index (Phi) is 4.36. The highest BCUT2D eigenvalue weighted by Gasteiger charge is 2.18. The van der Waals surface area contributed by atoms with E-state index < -0.39 is 0 Å². The minimum Gasteiger partial charge on any atom is -0.459 e. The zero-order valence-electron chi connectivity index (χ0n) is 10.8. The molecule has 1 unspecified atom stereocenters. The molecule has 0 saturated heterocycles. The van der Waals surface area contributed by atoms with Gasteiger partial charge in [0, 0.05) is 18.2 Å². The molecule has 0 aliphatic carbocycles. The predicted molar refractivity (Wildman–Crippen MR) is 72.8 cm³/mol. The van der Waals surface area contributed by atoms with Gasteiger partial charge >= 0.3 is 0 Å². The van der Waals surface area contributed by atoms with E-state index in [9.17, 15) is 4.79 Å². The Morgan fingerprint density at radius 3 is 2.74 bits per heavy atom. The first kappa shape index (κ1) is 13.4. The Morgan fingerprint density at radius 1 is 1.32 bits per heavy atom. The van der Waals surface area contributed by atoms with Crippen molar-refractivity contribution in [3.8, 4) is 11.1 Å². The summed E-state index contributed by atoms with van der Waals surface area (Å²) < 4.78 is 5.29. The van der Waals surface area contributed by atoms with Gasteiger partial charge in [0.2, 0.25) is 0 Å². The SMILES string of the molecule is CC(CCO)NC(=O)c1occc1-c1ccccc1. The maximum absolute atomic E-state index is 12.1. The number of nitrogens with one attached hydrogen (secondary N) is 1. The van der Waals surface area contributed by atoms with Crippen LogP contribution in [0.5, 0.6) is 0 Å². The lowest BCUT2D eigenvalue weighted by atomic mass is 10.1. The van der Waals surface area contributed by atoms with E-state index in [2.05, 4.69) is 5.32 Å². The summed E-state index contributed by atoms with van der Waals surface area (Å²) in [5, 5.41) is 11.6. The average Bonchev–Trinajstić information content (AvgIpc) is 2.89. The molecule has 0 aliphatic heterocycles. The van der Waals surface area contributed by atoms with Crippen molar-refractivity contribution in [2.75, 3.05) is 6.61 Å². The van der Waals surface area contributed by atoms with Gasteiger partial charge in [0.15, 0.2) is 5.76 Å². The van der Waals surface area contributed by atoms with Crippen LogP contribution >= 0.6 is 0 Å². The molecule has 0 aliphatic rings. The lowest BCUT2D eigenvalue weighted by molar-refractivity contribution is 0.0907. The standard InChI is InChI=1S/C15H17NO3/c1-11(7-9-17)16-15(18)14-13(8-10-19-14)12-5-3-2-4-6-12/h2-6,8,10-11,17H,7,9H2,1H3,(H,16,18). The Balaban J connectivity index is 2.18. The molecule has 4 nitrogen and oxygen atoms in total. The molecule has 4 heteroatoms. The fourth-order valence-electron chi connectivity index (χ4n) is 1.89. The van der Waals surface area contributed by atoms with E-state index in [1.54, 1.807) is 6.07 Å². The zero-order chi connectivity index (χ0) is 13.7. The molecule has 0 bridgehead atoms. The van der Waals surface area contributed by atoms with Crippen LogP contribution in [0.1, 0.15) is 23.9 Å². The van der Waals surface area contributed by atoms with Crippen molar-refractivity contribution in [1.29, 1.82) is 0 Å². The minimum atomic E-state index is -0.259. The first-order valence-electron chi connectivity index (χ1n) is 6.27. The first-order chi connectivity index (χ1) is 9.22. The number of aliphatic hydroxyl groups is 1. The average molecular weight is 259 g/mol. The van der Waals surface area contributed by atoms with Gasteiger partial charge in [-0.05, 0) is 25.0 Å². The summed E-state index contributed by atoms with van der Waals surface area (Å²) >= 11 is 0. The Labute approximate surface area is 112 Å². The molecule has 0 radical (unpaired) electrons. The Hall–Kier alpha value is -2.07. The number of hydrogen-bond donors (Lipinski definition) is 2. The van der Waals surface area contributed by atoms with E-state index in [4.69, 9.17) is 9.52 Å². The van der Waals surface area contributed by atoms with Gasteiger partial charge in [0.05, 0.1) is 6.26 Å². The maximum Gasteiger partial charge on any atom is 0.287 e. The quantitative estimate of drug-likeness (QED) is 0.867. The number of aliphatic hydroxyl groups excluding tert-OH is 1. The van der Waals surface area contributed by atoms with E-state index in [0.717, 1.165) is 11.1 Å². The number of rotatable bonds is 5. The summed E-state index contributed by atoms with van der Waals surface area (Å²) in [6, 6.07) is 11.3. The molecule has 0 saturated carbocycles. The predicted octanol–water partition coefficient (Wildman–Crippen LogP) is 2.45. The fraction of sp³-hybridized carbons (Fsp3) is 0.267. The molecule has 2 rings (SSSR count). The summed E-state index contributed by atoms with van der Waals surface area (Å²) in [6.45, 7) is 1.89. The van der Waals surface area contributed by atoms with Crippen molar-refractivity contribution in [3.05, 3.63) is 48.4 Å². The first-order valence-corrected chi connectivity index (χ1v) is 6.27. The number of furan rings is 1. The molecule has 1 amide bonds. The molecule has 2 aromatic rings. The Morgan fingerprint density at radius 2 is 2.05 bits per heavy atom. The normalized spacial score (nSPS) is 12.1. The van der Waals surface area contributed by atoms with Crippen LogP contribution in [-0.4, -0.2) is 23.7 Å². The number of hydrogen-bond acceptors (Lipinski definition) is 3. The van der Waals surface area contributed by atoms with Crippen molar-refractivity contribution >= 4 is 5.91 Å².